The van der Waals surface area contributed by atoms with Gasteiger partial charge < -0.3 is 10.1 Å². The molecule has 0 aliphatic heterocycles. The molecule has 3 rings (SSSR count). The molecule has 0 atom stereocenters. The first-order valence-corrected chi connectivity index (χ1v) is 7.14. The summed E-state index contributed by atoms with van der Waals surface area (Å²) in [6.07, 6.45) is 4.39. The average molecular weight is 268 g/mol. The number of pyridine rings is 1. The number of aryl methyl sites for hydroxylation is 2. The summed E-state index contributed by atoms with van der Waals surface area (Å²) in [4.78, 5) is 4.37. The smallest absolute Gasteiger partial charge is 0.130 e. The van der Waals surface area contributed by atoms with Crippen LogP contribution in [0, 0.1) is 13.8 Å². The fourth-order valence-electron chi connectivity index (χ4n) is 2.19. The third kappa shape index (κ3) is 3.36. The first-order chi connectivity index (χ1) is 9.70. The number of rotatable bonds is 5. The summed E-state index contributed by atoms with van der Waals surface area (Å²) >= 11 is 0. The Morgan fingerprint density at radius 3 is 2.80 bits per heavy atom. The van der Waals surface area contributed by atoms with Crippen molar-refractivity contribution in [2.45, 2.75) is 39.3 Å². The van der Waals surface area contributed by atoms with Crippen molar-refractivity contribution in [3.8, 4) is 11.5 Å². The Morgan fingerprint density at radius 2 is 2.05 bits per heavy atom. The van der Waals surface area contributed by atoms with Crippen molar-refractivity contribution in [2.75, 3.05) is 0 Å². The van der Waals surface area contributed by atoms with Crippen LogP contribution in [-0.4, -0.2) is 11.0 Å². The number of nitrogens with zero attached hydrogens (tertiary/aromatic N) is 1. The first-order valence-electron chi connectivity index (χ1n) is 7.14. The van der Waals surface area contributed by atoms with Crippen LogP contribution in [0.25, 0.3) is 0 Å². The maximum Gasteiger partial charge on any atom is 0.130 e. The van der Waals surface area contributed by atoms with Crippen LogP contribution in [-0.2, 0) is 6.54 Å². The van der Waals surface area contributed by atoms with Crippen LogP contribution in [0.3, 0.4) is 0 Å². The monoisotopic (exact) mass is 268 g/mol. The summed E-state index contributed by atoms with van der Waals surface area (Å²) in [6, 6.07) is 10.8. The van der Waals surface area contributed by atoms with Crippen LogP contribution in [0.1, 0.15) is 29.7 Å². The highest BCUT2D eigenvalue weighted by Crippen LogP contribution is 2.26. The molecule has 1 heterocycles. The second kappa shape index (κ2) is 5.63. The zero-order valence-corrected chi connectivity index (χ0v) is 12.0. The Morgan fingerprint density at radius 1 is 1.20 bits per heavy atom. The third-order valence-electron chi connectivity index (χ3n) is 3.50. The highest BCUT2D eigenvalue weighted by Gasteiger charge is 2.20. The predicted octanol–water partition coefficient (Wildman–Crippen LogP) is 3.74. The van der Waals surface area contributed by atoms with Crippen LogP contribution in [0.15, 0.2) is 36.5 Å². The van der Waals surface area contributed by atoms with E-state index in [2.05, 4.69) is 36.3 Å². The van der Waals surface area contributed by atoms with E-state index in [0.717, 1.165) is 29.3 Å². The molecule has 1 N–H and O–H groups in total. The van der Waals surface area contributed by atoms with Gasteiger partial charge in [0.15, 0.2) is 0 Å². The zero-order valence-electron chi connectivity index (χ0n) is 12.0. The molecule has 0 radical (unpaired) electrons. The van der Waals surface area contributed by atoms with E-state index < -0.39 is 0 Å². The van der Waals surface area contributed by atoms with Gasteiger partial charge in [-0.05, 0) is 44.4 Å². The van der Waals surface area contributed by atoms with Crippen molar-refractivity contribution < 1.29 is 4.74 Å². The third-order valence-corrected chi connectivity index (χ3v) is 3.50. The van der Waals surface area contributed by atoms with Crippen molar-refractivity contribution in [3.63, 3.8) is 0 Å². The molecular formula is C17H20N2O. The molecule has 1 aromatic carbocycles. The second-order valence-electron chi connectivity index (χ2n) is 5.51. The molecule has 3 nitrogen and oxygen atoms in total. The Bertz CT molecular complexity index is 606. The molecule has 0 bridgehead atoms. The lowest BCUT2D eigenvalue weighted by atomic mass is 10.1. The van der Waals surface area contributed by atoms with Crippen LogP contribution in [0.2, 0.25) is 0 Å². The zero-order chi connectivity index (χ0) is 13.9. The van der Waals surface area contributed by atoms with E-state index in [1.807, 2.05) is 24.4 Å². The number of ether oxygens (including phenoxy) is 1. The van der Waals surface area contributed by atoms with Gasteiger partial charge in [0, 0.05) is 24.8 Å². The fraction of sp³-hybridized carbons (Fsp3) is 0.353. The quantitative estimate of drug-likeness (QED) is 0.897. The van der Waals surface area contributed by atoms with Crippen LogP contribution < -0.4 is 10.1 Å². The van der Waals surface area contributed by atoms with Crippen molar-refractivity contribution in [1.82, 2.24) is 10.3 Å². The minimum absolute atomic E-state index is 0.695. The molecule has 0 spiro atoms. The van der Waals surface area contributed by atoms with Gasteiger partial charge in [-0.1, -0.05) is 17.7 Å². The molecular weight excluding hydrogens is 248 g/mol. The number of nitrogens with one attached hydrogen (secondary N) is 1. The molecule has 104 valence electrons. The predicted molar refractivity (Wildman–Crippen MR) is 80.1 cm³/mol. The van der Waals surface area contributed by atoms with E-state index >= 15 is 0 Å². The lowest BCUT2D eigenvalue weighted by Gasteiger charge is -2.10. The van der Waals surface area contributed by atoms with Crippen LogP contribution >= 0.6 is 0 Å². The van der Waals surface area contributed by atoms with E-state index in [1.165, 1.54) is 18.4 Å². The van der Waals surface area contributed by atoms with E-state index in [4.69, 9.17) is 4.74 Å². The van der Waals surface area contributed by atoms with Crippen molar-refractivity contribution in [3.05, 3.63) is 53.3 Å². The molecule has 1 fully saturated rings. The lowest BCUT2D eigenvalue weighted by Crippen LogP contribution is -2.16. The standard InChI is InChI=1S/C17H20N2O/c1-12-3-6-17(13(2)9-12)20-16-7-8-18-15(10-16)11-19-14-4-5-14/h3,6-10,14,19H,4-5,11H2,1-2H3. The van der Waals surface area contributed by atoms with Crippen LogP contribution in [0.4, 0.5) is 0 Å². The topological polar surface area (TPSA) is 34.1 Å². The summed E-state index contributed by atoms with van der Waals surface area (Å²) in [6.45, 7) is 4.97. The number of hydrogen-bond acceptors (Lipinski definition) is 3. The molecule has 2 aromatic rings. The Hall–Kier alpha value is -1.87. The van der Waals surface area contributed by atoms with Crippen molar-refractivity contribution >= 4 is 0 Å². The van der Waals surface area contributed by atoms with Gasteiger partial charge in [0.25, 0.3) is 0 Å². The van der Waals surface area contributed by atoms with Gasteiger partial charge in [0.2, 0.25) is 0 Å². The van der Waals surface area contributed by atoms with Gasteiger partial charge in [-0.25, -0.2) is 0 Å². The van der Waals surface area contributed by atoms with E-state index in [-0.39, 0.29) is 0 Å². The maximum absolute atomic E-state index is 5.96. The number of benzene rings is 1. The molecule has 1 aliphatic carbocycles. The minimum Gasteiger partial charge on any atom is -0.457 e. The average Bonchev–Trinajstić information content (AvgIpc) is 3.24. The fourth-order valence-corrected chi connectivity index (χ4v) is 2.19. The summed E-state index contributed by atoms with van der Waals surface area (Å²) in [7, 11) is 0. The van der Waals surface area contributed by atoms with E-state index in [9.17, 15) is 0 Å². The molecule has 20 heavy (non-hydrogen) atoms. The molecule has 0 saturated heterocycles. The maximum atomic E-state index is 5.96. The highest BCUT2D eigenvalue weighted by atomic mass is 16.5. The van der Waals surface area contributed by atoms with Crippen molar-refractivity contribution in [1.29, 1.82) is 0 Å². The molecule has 1 saturated carbocycles. The van der Waals surface area contributed by atoms with Gasteiger partial charge in [0.1, 0.15) is 11.5 Å². The summed E-state index contributed by atoms with van der Waals surface area (Å²) < 4.78 is 5.96. The largest absolute Gasteiger partial charge is 0.457 e. The van der Waals surface area contributed by atoms with Gasteiger partial charge >= 0.3 is 0 Å². The molecule has 1 aliphatic rings. The SMILES string of the molecule is Cc1ccc(Oc2ccnc(CNC3CC3)c2)c(C)c1. The van der Waals surface area contributed by atoms with Gasteiger partial charge in [0.05, 0.1) is 5.69 Å². The van der Waals surface area contributed by atoms with Gasteiger partial charge in [-0.3, -0.25) is 4.98 Å². The Balaban J connectivity index is 1.70. The number of aromatic nitrogens is 1. The number of hydrogen-bond donors (Lipinski definition) is 1. The summed E-state index contributed by atoms with van der Waals surface area (Å²) in [5, 5.41) is 3.46. The highest BCUT2D eigenvalue weighted by molar-refractivity contribution is 5.39. The molecule has 0 unspecified atom stereocenters. The molecule has 1 aromatic heterocycles. The summed E-state index contributed by atoms with van der Waals surface area (Å²) in [5.41, 5.74) is 3.43. The summed E-state index contributed by atoms with van der Waals surface area (Å²) in [5.74, 6) is 1.75. The van der Waals surface area contributed by atoms with Crippen LogP contribution in [0.5, 0.6) is 11.5 Å². The normalized spacial score (nSPS) is 14.3. The van der Waals surface area contributed by atoms with Gasteiger partial charge in [-0.15, -0.1) is 0 Å². The molecule has 3 heteroatoms. The van der Waals surface area contributed by atoms with Crippen molar-refractivity contribution in [2.24, 2.45) is 0 Å². The Kier molecular flexibility index (Phi) is 3.70. The lowest BCUT2D eigenvalue weighted by molar-refractivity contribution is 0.476. The second-order valence-corrected chi connectivity index (χ2v) is 5.51. The van der Waals surface area contributed by atoms with E-state index in [1.54, 1.807) is 0 Å². The Labute approximate surface area is 120 Å². The minimum atomic E-state index is 0.695. The molecule has 0 amide bonds. The first kappa shape index (κ1) is 13.1. The van der Waals surface area contributed by atoms with E-state index in [0.29, 0.717) is 6.04 Å². The van der Waals surface area contributed by atoms with Gasteiger partial charge in [-0.2, -0.15) is 0 Å².